The molecule has 0 radical (unpaired) electrons. The van der Waals surface area contributed by atoms with Crippen molar-refractivity contribution in [1.29, 1.82) is 0 Å². The van der Waals surface area contributed by atoms with Crippen LogP contribution in [0.3, 0.4) is 0 Å². The minimum absolute atomic E-state index is 0.221. The molecule has 16 heavy (non-hydrogen) atoms. The Morgan fingerprint density at radius 3 is 2.81 bits per heavy atom. The maximum Gasteiger partial charge on any atom is 0.338 e. The molecule has 0 aromatic heterocycles. The predicted molar refractivity (Wildman–Crippen MR) is 59.6 cm³/mol. The molecule has 84 valence electrons. The van der Waals surface area contributed by atoms with Gasteiger partial charge in [0, 0.05) is 12.8 Å². The van der Waals surface area contributed by atoms with Crippen molar-refractivity contribution >= 4 is 11.8 Å². The second-order valence-corrected chi connectivity index (χ2v) is 3.99. The Balaban J connectivity index is 2.40. The Kier molecular flexibility index (Phi) is 2.77. The van der Waals surface area contributed by atoms with Crippen LogP contribution >= 0.6 is 0 Å². The molecule has 0 saturated heterocycles. The van der Waals surface area contributed by atoms with Crippen LogP contribution in [0, 0.1) is 6.92 Å². The van der Waals surface area contributed by atoms with E-state index in [2.05, 4.69) is 0 Å². The van der Waals surface area contributed by atoms with Gasteiger partial charge in [-0.3, -0.25) is 4.79 Å². The number of benzene rings is 1. The summed E-state index contributed by atoms with van der Waals surface area (Å²) in [4.78, 5) is 23.0. The van der Waals surface area contributed by atoms with E-state index in [1.807, 2.05) is 13.0 Å². The number of rotatable bonds is 2. The first-order chi connectivity index (χ1) is 7.63. The Morgan fingerprint density at radius 1 is 1.38 bits per heavy atom. The largest absolute Gasteiger partial charge is 0.462 e. The fourth-order valence-corrected chi connectivity index (χ4v) is 2.13. The molecule has 1 aliphatic carbocycles. The van der Waals surface area contributed by atoms with E-state index in [-0.39, 0.29) is 11.8 Å². The lowest BCUT2D eigenvalue weighted by Gasteiger charge is -2.09. The number of carbonyl (C=O) groups is 2. The van der Waals surface area contributed by atoms with Crippen LogP contribution in [0.15, 0.2) is 12.1 Å². The highest BCUT2D eigenvalue weighted by Crippen LogP contribution is 2.26. The van der Waals surface area contributed by atoms with Gasteiger partial charge in [-0.1, -0.05) is 6.07 Å². The van der Waals surface area contributed by atoms with Crippen LogP contribution in [0.2, 0.25) is 0 Å². The molecule has 3 heteroatoms. The molecule has 0 atom stereocenters. The molecule has 0 bridgehead atoms. The van der Waals surface area contributed by atoms with Crippen LogP contribution in [0.4, 0.5) is 0 Å². The lowest BCUT2D eigenvalue weighted by Crippen LogP contribution is -2.08. The van der Waals surface area contributed by atoms with Crippen molar-refractivity contribution in [2.24, 2.45) is 0 Å². The van der Waals surface area contributed by atoms with Crippen LogP contribution in [-0.2, 0) is 22.4 Å². The smallest absolute Gasteiger partial charge is 0.338 e. The second kappa shape index (κ2) is 4.08. The molecule has 0 heterocycles. The summed E-state index contributed by atoms with van der Waals surface area (Å²) in [6, 6.07) is 3.62. The molecule has 0 unspecified atom stereocenters. The Hall–Kier alpha value is -1.64. The van der Waals surface area contributed by atoms with Gasteiger partial charge in [0.15, 0.2) is 0 Å². The molecule has 2 rings (SSSR count). The molecule has 0 aliphatic heterocycles. The second-order valence-electron chi connectivity index (χ2n) is 3.99. The van der Waals surface area contributed by atoms with Crippen LogP contribution in [0.5, 0.6) is 0 Å². The number of hydrogen-bond donors (Lipinski definition) is 0. The van der Waals surface area contributed by atoms with Gasteiger partial charge in [0.2, 0.25) is 0 Å². The summed E-state index contributed by atoms with van der Waals surface area (Å²) >= 11 is 0. The van der Waals surface area contributed by atoms with E-state index >= 15 is 0 Å². The van der Waals surface area contributed by atoms with Crippen LogP contribution in [0.25, 0.3) is 0 Å². The Morgan fingerprint density at radius 2 is 2.12 bits per heavy atom. The fraction of sp³-hybridized carbons (Fsp3) is 0.385. The first-order valence-corrected chi connectivity index (χ1v) is 5.43. The topological polar surface area (TPSA) is 43.4 Å². The van der Waals surface area contributed by atoms with E-state index < -0.39 is 0 Å². The van der Waals surface area contributed by atoms with Gasteiger partial charge in [-0.05, 0) is 36.6 Å². The standard InChI is InChI=1S/C13H14O3/c1-3-16-13(15)11-5-4-9-6-10(14)7-12(9)8(11)2/h4-5H,3,6-7H2,1-2H3. The van der Waals surface area contributed by atoms with Crippen molar-refractivity contribution in [3.63, 3.8) is 0 Å². The van der Waals surface area contributed by atoms with Crippen molar-refractivity contribution in [1.82, 2.24) is 0 Å². The highest BCUT2D eigenvalue weighted by Gasteiger charge is 2.23. The van der Waals surface area contributed by atoms with E-state index in [1.165, 1.54) is 0 Å². The maximum atomic E-state index is 11.6. The molecular formula is C13H14O3. The zero-order valence-electron chi connectivity index (χ0n) is 9.50. The number of carbonyl (C=O) groups excluding carboxylic acids is 2. The predicted octanol–water partition coefficient (Wildman–Crippen LogP) is 1.84. The highest BCUT2D eigenvalue weighted by molar-refractivity contribution is 5.94. The number of hydrogen-bond acceptors (Lipinski definition) is 3. The quantitative estimate of drug-likeness (QED) is 0.711. The summed E-state index contributed by atoms with van der Waals surface area (Å²) in [5.41, 5.74) is 3.53. The third-order valence-corrected chi connectivity index (χ3v) is 2.95. The lowest BCUT2D eigenvalue weighted by atomic mass is 9.99. The Labute approximate surface area is 94.4 Å². The van der Waals surface area contributed by atoms with Gasteiger partial charge in [0.05, 0.1) is 12.2 Å². The highest BCUT2D eigenvalue weighted by atomic mass is 16.5. The maximum absolute atomic E-state index is 11.6. The van der Waals surface area contributed by atoms with Gasteiger partial charge in [0.1, 0.15) is 5.78 Å². The summed E-state index contributed by atoms with van der Waals surface area (Å²) in [5.74, 6) is -0.0822. The summed E-state index contributed by atoms with van der Waals surface area (Å²) in [6.45, 7) is 4.03. The third-order valence-electron chi connectivity index (χ3n) is 2.95. The minimum atomic E-state index is -0.304. The van der Waals surface area contributed by atoms with Gasteiger partial charge in [0.25, 0.3) is 0 Å². The number of esters is 1. The minimum Gasteiger partial charge on any atom is -0.462 e. The van der Waals surface area contributed by atoms with E-state index in [0.29, 0.717) is 25.0 Å². The molecule has 0 saturated carbocycles. The molecule has 0 amide bonds. The molecule has 1 aromatic carbocycles. The SMILES string of the molecule is CCOC(=O)c1ccc2c(c1C)CC(=O)C2. The fourth-order valence-electron chi connectivity index (χ4n) is 2.13. The molecule has 0 N–H and O–H groups in total. The average molecular weight is 218 g/mol. The first-order valence-electron chi connectivity index (χ1n) is 5.43. The summed E-state index contributed by atoms with van der Waals surface area (Å²) < 4.78 is 4.97. The summed E-state index contributed by atoms with van der Waals surface area (Å²) in [6.07, 6.45) is 0.952. The zero-order chi connectivity index (χ0) is 11.7. The number of ketones is 1. The lowest BCUT2D eigenvalue weighted by molar-refractivity contribution is -0.117. The zero-order valence-corrected chi connectivity index (χ0v) is 9.50. The van der Waals surface area contributed by atoms with Gasteiger partial charge in [-0.2, -0.15) is 0 Å². The van der Waals surface area contributed by atoms with Gasteiger partial charge in [-0.25, -0.2) is 4.79 Å². The van der Waals surface area contributed by atoms with Gasteiger partial charge >= 0.3 is 5.97 Å². The van der Waals surface area contributed by atoms with Crippen LogP contribution in [-0.4, -0.2) is 18.4 Å². The normalized spacial score (nSPS) is 13.8. The van der Waals surface area contributed by atoms with E-state index in [0.717, 1.165) is 16.7 Å². The van der Waals surface area contributed by atoms with E-state index in [1.54, 1.807) is 13.0 Å². The molecule has 0 spiro atoms. The molecule has 1 aliphatic rings. The average Bonchev–Trinajstić information content (AvgIpc) is 2.60. The van der Waals surface area contributed by atoms with Crippen molar-refractivity contribution < 1.29 is 14.3 Å². The third kappa shape index (κ3) is 1.73. The van der Waals surface area contributed by atoms with E-state index in [9.17, 15) is 9.59 Å². The number of Topliss-reactive ketones (excluding diaryl/α,β-unsaturated/α-hetero) is 1. The molecular weight excluding hydrogens is 204 g/mol. The van der Waals surface area contributed by atoms with Crippen molar-refractivity contribution in [3.05, 3.63) is 34.4 Å². The van der Waals surface area contributed by atoms with Gasteiger partial charge in [-0.15, -0.1) is 0 Å². The van der Waals surface area contributed by atoms with Crippen LogP contribution in [0.1, 0.15) is 34.0 Å². The number of fused-ring (bicyclic) bond motifs is 1. The molecule has 1 aromatic rings. The molecule has 0 fully saturated rings. The molecule has 3 nitrogen and oxygen atoms in total. The summed E-state index contributed by atoms with van der Waals surface area (Å²) in [7, 11) is 0. The van der Waals surface area contributed by atoms with Crippen molar-refractivity contribution in [2.45, 2.75) is 26.7 Å². The van der Waals surface area contributed by atoms with Crippen molar-refractivity contribution in [3.8, 4) is 0 Å². The monoisotopic (exact) mass is 218 g/mol. The van der Waals surface area contributed by atoms with Crippen molar-refractivity contribution in [2.75, 3.05) is 6.61 Å². The van der Waals surface area contributed by atoms with Crippen LogP contribution < -0.4 is 0 Å². The number of ether oxygens (including phenoxy) is 1. The summed E-state index contributed by atoms with van der Waals surface area (Å²) in [5, 5.41) is 0. The van der Waals surface area contributed by atoms with Gasteiger partial charge < -0.3 is 4.74 Å². The Bertz CT molecular complexity index is 460. The van der Waals surface area contributed by atoms with E-state index in [4.69, 9.17) is 4.74 Å². The first kappa shape index (κ1) is 10.9.